The van der Waals surface area contributed by atoms with E-state index in [-0.39, 0.29) is 29.7 Å². The van der Waals surface area contributed by atoms with Crippen LogP contribution in [0.15, 0.2) is 4.99 Å². The molecule has 0 unspecified atom stereocenters. The molecule has 1 aliphatic rings. The molecule has 0 atom stereocenters. The maximum absolute atomic E-state index is 11.1. The number of nitrogens with one attached hydrogen (secondary N) is 2. The zero-order valence-electron chi connectivity index (χ0n) is 14.3. The molecule has 0 radical (unpaired) electrons. The molecule has 8 heteroatoms. The minimum atomic E-state index is -2.95. The normalized spacial score (nSPS) is 17.2. The summed E-state index contributed by atoms with van der Waals surface area (Å²) in [6.45, 7) is 4.30. The molecule has 0 bridgehead atoms. The lowest BCUT2D eigenvalue weighted by atomic mass is 10.1. The summed E-state index contributed by atoms with van der Waals surface area (Å²) < 4.78 is 28.1. The first-order valence-corrected chi connectivity index (χ1v) is 10.4. The van der Waals surface area contributed by atoms with E-state index in [0.717, 1.165) is 19.4 Å². The lowest BCUT2D eigenvalue weighted by molar-refractivity contribution is 0.0487. The van der Waals surface area contributed by atoms with Gasteiger partial charge in [0.2, 0.25) is 0 Å². The van der Waals surface area contributed by atoms with Crippen LogP contribution in [0.2, 0.25) is 0 Å². The summed E-state index contributed by atoms with van der Waals surface area (Å²) in [5.74, 6) is 0.756. The summed E-state index contributed by atoms with van der Waals surface area (Å²) in [7, 11) is -2.95. The van der Waals surface area contributed by atoms with Gasteiger partial charge in [-0.1, -0.05) is 25.7 Å². The van der Waals surface area contributed by atoms with Gasteiger partial charge in [-0.3, -0.25) is 4.99 Å². The van der Waals surface area contributed by atoms with E-state index in [1.807, 2.05) is 6.92 Å². The minimum absolute atomic E-state index is 0. The zero-order valence-corrected chi connectivity index (χ0v) is 17.5. The van der Waals surface area contributed by atoms with Crippen molar-refractivity contribution in [3.8, 4) is 0 Å². The number of hydrogen-bond acceptors (Lipinski definition) is 4. The molecule has 0 aromatic rings. The number of rotatable bonds is 8. The van der Waals surface area contributed by atoms with Gasteiger partial charge >= 0.3 is 0 Å². The van der Waals surface area contributed by atoms with Gasteiger partial charge in [0, 0.05) is 19.3 Å². The Kier molecular flexibility index (Phi) is 13.2. The maximum atomic E-state index is 11.1. The molecule has 2 N–H and O–H groups in total. The fourth-order valence-electron chi connectivity index (χ4n) is 2.48. The zero-order chi connectivity index (χ0) is 16.3. The summed E-state index contributed by atoms with van der Waals surface area (Å²) in [6, 6.07) is 0. The third-order valence-electron chi connectivity index (χ3n) is 3.63. The Labute approximate surface area is 158 Å². The summed E-state index contributed by atoms with van der Waals surface area (Å²) in [5.41, 5.74) is 0. The highest BCUT2D eigenvalue weighted by Crippen LogP contribution is 2.19. The molecule has 0 aromatic heterocycles. The summed E-state index contributed by atoms with van der Waals surface area (Å²) in [5, 5.41) is 6.14. The molecule has 1 rings (SSSR count). The highest BCUT2D eigenvalue weighted by molar-refractivity contribution is 14.0. The van der Waals surface area contributed by atoms with Crippen LogP contribution in [0.1, 0.15) is 45.4 Å². The predicted octanol–water partition coefficient (Wildman–Crippen LogP) is 1.94. The van der Waals surface area contributed by atoms with Crippen molar-refractivity contribution in [1.29, 1.82) is 0 Å². The summed E-state index contributed by atoms with van der Waals surface area (Å²) in [6.07, 6.45) is 9.14. The largest absolute Gasteiger partial charge is 0.376 e. The molecule has 1 aliphatic carbocycles. The van der Waals surface area contributed by atoms with Crippen LogP contribution >= 0.6 is 24.0 Å². The summed E-state index contributed by atoms with van der Waals surface area (Å²) >= 11 is 0. The molecular weight excluding hydrogens is 429 g/mol. The third-order valence-corrected chi connectivity index (χ3v) is 4.57. The Bertz CT molecular complexity index is 422. The van der Waals surface area contributed by atoms with Crippen molar-refractivity contribution >= 4 is 39.8 Å². The van der Waals surface area contributed by atoms with Gasteiger partial charge in [-0.2, -0.15) is 0 Å². The van der Waals surface area contributed by atoms with Crippen LogP contribution in [-0.4, -0.2) is 58.7 Å². The van der Waals surface area contributed by atoms with Gasteiger partial charge < -0.3 is 15.4 Å². The van der Waals surface area contributed by atoms with E-state index in [4.69, 9.17) is 4.74 Å². The Balaban J connectivity index is 0.00000484. The average Bonchev–Trinajstić information content (AvgIpc) is 2.71. The smallest absolute Gasteiger partial charge is 0.191 e. The van der Waals surface area contributed by atoms with Crippen molar-refractivity contribution < 1.29 is 13.2 Å². The monoisotopic (exact) mass is 461 g/mol. The summed E-state index contributed by atoms with van der Waals surface area (Å²) in [4.78, 5) is 4.42. The Hall–Kier alpha value is -0.0900. The fraction of sp³-hybridized carbons (Fsp3) is 0.933. The maximum Gasteiger partial charge on any atom is 0.191 e. The number of ether oxygens (including phenoxy) is 1. The molecule has 0 heterocycles. The molecule has 138 valence electrons. The van der Waals surface area contributed by atoms with Crippen molar-refractivity contribution in [2.75, 3.05) is 38.2 Å². The number of aliphatic imine (C=N–C) groups is 1. The molecule has 0 aromatic carbocycles. The predicted molar refractivity (Wildman–Crippen MR) is 107 cm³/mol. The van der Waals surface area contributed by atoms with Crippen LogP contribution in [0.25, 0.3) is 0 Å². The Morgan fingerprint density at radius 1 is 1.17 bits per heavy atom. The number of sulfone groups is 1. The van der Waals surface area contributed by atoms with Crippen molar-refractivity contribution in [3.63, 3.8) is 0 Å². The highest BCUT2D eigenvalue weighted by Gasteiger charge is 2.11. The van der Waals surface area contributed by atoms with Gasteiger partial charge in [-0.05, 0) is 19.8 Å². The average molecular weight is 461 g/mol. The number of hydrogen-bond donors (Lipinski definition) is 2. The van der Waals surface area contributed by atoms with E-state index < -0.39 is 9.84 Å². The number of nitrogens with zero attached hydrogens (tertiary/aromatic N) is 1. The van der Waals surface area contributed by atoms with Gasteiger partial charge in [0.1, 0.15) is 9.84 Å². The lowest BCUT2D eigenvalue weighted by Gasteiger charge is -2.15. The van der Waals surface area contributed by atoms with Crippen LogP contribution in [0.4, 0.5) is 0 Å². The lowest BCUT2D eigenvalue weighted by Crippen LogP contribution is -2.39. The first-order valence-electron chi connectivity index (χ1n) is 8.33. The van der Waals surface area contributed by atoms with E-state index >= 15 is 0 Å². The first-order chi connectivity index (χ1) is 10.5. The van der Waals surface area contributed by atoms with Crippen molar-refractivity contribution in [2.45, 2.75) is 51.6 Å². The molecule has 0 aliphatic heterocycles. The first kappa shape index (κ1) is 22.9. The van der Waals surface area contributed by atoms with Crippen molar-refractivity contribution in [1.82, 2.24) is 10.6 Å². The van der Waals surface area contributed by atoms with Crippen LogP contribution in [0.5, 0.6) is 0 Å². The van der Waals surface area contributed by atoms with Gasteiger partial charge in [0.15, 0.2) is 5.96 Å². The Morgan fingerprint density at radius 2 is 1.83 bits per heavy atom. The van der Waals surface area contributed by atoms with Gasteiger partial charge in [0.25, 0.3) is 0 Å². The highest BCUT2D eigenvalue weighted by atomic mass is 127. The molecule has 6 nitrogen and oxygen atoms in total. The van der Waals surface area contributed by atoms with E-state index in [1.165, 1.54) is 31.9 Å². The molecule has 0 saturated heterocycles. The van der Waals surface area contributed by atoms with Crippen LogP contribution in [0, 0.1) is 0 Å². The van der Waals surface area contributed by atoms with Crippen molar-refractivity contribution in [2.24, 2.45) is 4.99 Å². The van der Waals surface area contributed by atoms with E-state index in [9.17, 15) is 8.42 Å². The molecule has 1 saturated carbocycles. The number of guanidine groups is 1. The van der Waals surface area contributed by atoms with E-state index in [0.29, 0.717) is 31.8 Å². The van der Waals surface area contributed by atoms with E-state index in [1.54, 1.807) is 0 Å². The molecule has 1 fully saturated rings. The third kappa shape index (κ3) is 12.9. The van der Waals surface area contributed by atoms with Gasteiger partial charge in [-0.15, -0.1) is 24.0 Å². The quantitative estimate of drug-likeness (QED) is 0.190. The molecule has 0 spiro atoms. The van der Waals surface area contributed by atoms with E-state index in [2.05, 4.69) is 15.6 Å². The van der Waals surface area contributed by atoms with Crippen molar-refractivity contribution in [3.05, 3.63) is 0 Å². The molecule has 23 heavy (non-hydrogen) atoms. The van der Waals surface area contributed by atoms with Crippen LogP contribution in [0.3, 0.4) is 0 Å². The standard InChI is InChI=1S/C15H31N3O3S.HI/c1-3-16-15(18-11-13-22(2,19)20)17-10-12-21-14-8-6-4-5-7-9-14;/h14H,3-13H2,1-2H3,(H2,16,17,18);1H. The SMILES string of the molecule is CCNC(=NCCOC1CCCCCC1)NCCS(C)(=O)=O.I. The number of halogens is 1. The molecular formula is C15H32IN3O3S. The second kappa shape index (κ2) is 13.2. The molecule has 0 amide bonds. The second-order valence-electron chi connectivity index (χ2n) is 5.80. The van der Waals surface area contributed by atoms with Gasteiger partial charge in [-0.25, -0.2) is 8.42 Å². The van der Waals surface area contributed by atoms with Gasteiger partial charge in [0.05, 0.1) is 25.0 Å². The second-order valence-corrected chi connectivity index (χ2v) is 8.06. The minimum Gasteiger partial charge on any atom is -0.376 e. The van der Waals surface area contributed by atoms with Crippen LogP contribution < -0.4 is 10.6 Å². The fourth-order valence-corrected chi connectivity index (χ4v) is 2.95. The topological polar surface area (TPSA) is 79.8 Å². The Morgan fingerprint density at radius 3 is 2.39 bits per heavy atom. The van der Waals surface area contributed by atoms with Crippen LogP contribution in [-0.2, 0) is 14.6 Å².